The van der Waals surface area contributed by atoms with Crippen molar-refractivity contribution in [3.8, 4) is 11.5 Å². The Kier molecular flexibility index (Phi) is 4.68. The molecule has 0 aliphatic rings. The van der Waals surface area contributed by atoms with Gasteiger partial charge in [0.05, 0.1) is 11.0 Å². The first-order valence-electron chi connectivity index (χ1n) is 6.20. The number of benzene rings is 1. The Morgan fingerprint density at radius 2 is 1.90 bits per heavy atom. The normalized spacial score (nSPS) is 10.4. The van der Waals surface area contributed by atoms with Gasteiger partial charge in [0.25, 0.3) is 0 Å². The van der Waals surface area contributed by atoms with E-state index in [4.69, 9.17) is 5.11 Å². The quantitative estimate of drug-likeness (QED) is 0.685. The summed E-state index contributed by atoms with van der Waals surface area (Å²) in [6.07, 6.45) is 0. The van der Waals surface area contributed by atoms with Gasteiger partial charge in [-0.3, -0.25) is 0 Å². The Balaban J connectivity index is 0.00000161. The van der Waals surface area contributed by atoms with E-state index in [1.165, 1.54) is 0 Å². The van der Waals surface area contributed by atoms with Gasteiger partial charge >= 0.3 is 44.6 Å². The third kappa shape index (κ3) is 2.96. The predicted octanol–water partition coefficient (Wildman–Crippen LogP) is 2.64. The smallest absolute Gasteiger partial charge is 0.477 e. The van der Waals surface area contributed by atoms with E-state index in [0.29, 0.717) is 11.5 Å². The molecular weight excluding hydrogens is 413 g/mol. The fourth-order valence-electron chi connectivity index (χ4n) is 2.27. The molecule has 0 aliphatic heterocycles. The van der Waals surface area contributed by atoms with Crippen LogP contribution in [0.4, 0.5) is 0 Å². The van der Waals surface area contributed by atoms with Gasteiger partial charge in [-0.25, -0.2) is 14.8 Å². The summed E-state index contributed by atoms with van der Waals surface area (Å²) in [5.41, 5.74) is 3.31. The van der Waals surface area contributed by atoms with Gasteiger partial charge in [-0.1, -0.05) is 12.1 Å². The molecule has 3 aromatic rings. The summed E-state index contributed by atoms with van der Waals surface area (Å²) in [6.45, 7) is 1.85. The first-order valence-corrected chi connectivity index (χ1v) is 6.20. The summed E-state index contributed by atoms with van der Waals surface area (Å²) >= 11 is 0. The maximum atomic E-state index is 11.1. The topological polar surface area (TPSA) is 68.0 Å². The zero-order chi connectivity index (χ0) is 14.3. The zero-order valence-corrected chi connectivity index (χ0v) is 13.6. The molecule has 0 bridgehead atoms. The SMILES string of the molecule is Cc1cc(C(=O)O)nc(-c2nc3ccccc3n2C)c1.[Tb+3]. The van der Waals surface area contributed by atoms with Crippen molar-refractivity contribution in [2.75, 3.05) is 0 Å². The van der Waals surface area contributed by atoms with E-state index >= 15 is 0 Å². The third-order valence-corrected chi connectivity index (χ3v) is 3.21. The van der Waals surface area contributed by atoms with Crippen molar-refractivity contribution in [1.29, 1.82) is 0 Å². The van der Waals surface area contributed by atoms with Crippen LogP contribution in [0.5, 0.6) is 0 Å². The number of aromatic nitrogens is 3. The van der Waals surface area contributed by atoms with Crippen molar-refractivity contribution in [3.63, 3.8) is 0 Å². The zero-order valence-electron chi connectivity index (χ0n) is 11.5. The van der Waals surface area contributed by atoms with E-state index in [1.54, 1.807) is 6.07 Å². The summed E-state index contributed by atoms with van der Waals surface area (Å²) in [5.74, 6) is -0.369. The van der Waals surface area contributed by atoms with E-state index in [1.807, 2.05) is 48.9 Å². The minimum Gasteiger partial charge on any atom is -0.477 e. The van der Waals surface area contributed by atoms with E-state index in [9.17, 15) is 4.79 Å². The molecule has 1 N–H and O–H groups in total. The average Bonchev–Trinajstić information content (AvgIpc) is 2.76. The molecule has 0 saturated heterocycles. The minimum absolute atomic E-state index is 0. The molecule has 0 radical (unpaired) electrons. The number of para-hydroxylation sites is 2. The predicted molar refractivity (Wildman–Crippen MR) is 75.6 cm³/mol. The van der Waals surface area contributed by atoms with Crippen LogP contribution in [0.2, 0.25) is 0 Å². The largest absolute Gasteiger partial charge is 3.00 e. The Morgan fingerprint density at radius 1 is 1.19 bits per heavy atom. The number of fused-ring (bicyclic) bond motifs is 1. The van der Waals surface area contributed by atoms with Crippen LogP contribution in [0.15, 0.2) is 36.4 Å². The molecule has 5 nitrogen and oxygen atoms in total. The molecule has 6 heteroatoms. The second-order valence-corrected chi connectivity index (χ2v) is 4.70. The van der Waals surface area contributed by atoms with Gasteiger partial charge < -0.3 is 9.67 Å². The van der Waals surface area contributed by atoms with Crippen molar-refractivity contribution in [2.24, 2.45) is 7.05 Å². The summed E-state index contributed by atoms with van der Waals surface area (Å²) in [5, 5.41) is 9.10. The minimum atomic E-state index is -1.03. The first kappa shape index (κ1) is 16.0. The van der Waals surface area contributed by atoms with Crippen molar-refractivity contribution < 1.29 is 48.5 Å². The Labute approximate surface area is 152 Å². The number of nitrogens with zero attached hydrogens (tertiary/aromatic N) is 3. The van der Waals surface area contributed by atoms with Gasteiger partial charge in [0, 0.05) is 7.05 Å². The fourth-order valence-corrected chi connectivity index (χ4v) is 2.27. The van der Waals surface area contributed by atoms with E-state index in [0.717, 1.165) is 16.6 Å². The molecule has 2 aromatic heterocycles. The standard InChI is InChI=1S/C15H13N3O2.Tb/c1-9-7-11(16-12(8-9)15(19)20)14-17-10-5-3-4-6-13(10)18(14)2;/h3-8H,1-2H3,(H,19,20);/q;+3. The van der Waals surface area contributed by atoms with Crippen LogP contribution < -0.4 is 0 Å². The molecule has 0 fully saturated rings. The van der Waals surface area contributed by atoms with Gasteiger partial charge in [0.1, 0.15) is 11.4 Å². The maximum absolute atomic E-state index is 11.1. The second kappa shape index (κ2) is 6.15. The average molecular weight is 426 g/mol. The first-order chi connectivity index (χ1) is 9.56. The number of carboxylic acids is 1. The number of hydrogen-bond acceptors (Lipinski definition) is 3. The molecular formula is C15H13N3O2Tb+3. The van der Waals surface area contributed by atoms with Crippen LogP contribution in [-0.2, 0) is 7.05 Å². The summed E-state index contributed by atoms with van der Waals surface area (Å²) in [7, 11) is 1.90. The van der Waals surface area contributed by atoms with Crippen molar-refractivity contribution in [1.82, 2.24) is 14.5 Å². The summed E-state index contributed by atoms with van der Waals surface area (Å²) in [4.78, 5) is 19.8. The van der Waals surface area contributed by atoms with Gasteiger partial charge in [0.2, 0.25) is 0 Å². The van der Waals surface area contributed by atoms with Crippen LogP contribution >= 0.6 is 0 Å². The Bertz CT molecular complexity index is 827. The number of aromatic carboxylic acids is 1. The molecule has 0 atom stereocenters. The molecule has 2 heterocycles. The van der Waals surface area contributed by atoms with Gasteiger partial charge in [-0.15, -0.1) is 0 Å². The van der Waals surface area contributed by atoms with Crippen molar-refractivity contribution >= 4 is 17.0 Å². The Morgan fingerprint density at radius 3 is 2.57 bits per heavy atom. The monoisotopic (exact) mass is 426 g/mol. The van der Waals surface area contributed by atoms with Crippen LogP contribution in [0.1, 0.15) is 16.1 Å². The fraction of sp³-hybridized carbons (Fsp3) is 0.133. The molecule has 0 saturated carbocycles. The number of carboxylic acid groups (broad SMARTS) is 1. The molecule has 0 unspecified atom stereocenters. The van der Waals surface area contributed by atoms with Gasteiger partial charge in [-0.2, -0.15) is 0 Å². The number of hydrogen-bond donors (Lipinski definition) is 1. The molecule has 21 heavy (non-hydrogen) atoms. The second-order valence-electron chi connectivity index (χ2n) is 4.70. The maximum Gasteiger partial charge on any atom is 3.00 e. The molecule has 1 aromatic carbocycles. The van der Waals surface area contributed by atoms with E-state index in [2.05, 4.69) is 9.97 Å². The van der Waals surface area contributed by atoms with Crippen molar-refractivity contribution in [2.45, 2.75) is 6.92 Å². The molecule has 0 amide bonds. The Hall–Kier alpha value is -1.40. The number of pyridine rings is 1. The van der Waals surface area contributed by atoms with Crippen LogP contribution in [0.25, 0.3) is 22.6 Å². The molecule has 0 aliphatic carbocycles. The van der Waals surface area contributed by atoms with E-state index < -0.39 is 5.97 Å². The number of rotatable bonds is 2. The van der Waals surface area contributed by atoms with Crippen LogP contribution in [-0.4, -0.2) is 25.6 Å². The molecule has 0 spiro atoms. The van der Waals surface area contributed by atoms with Gasteiger partial charge in [0.15, 0.2) is 5.82 Å². The summed E-state index contributed by atoms with van der Waals surface area (Å²) in [6, 6.07) is 11.2. The molecule has 106 valence electrons. The van der Waals surface area contributed by atoms with Crippen LogP contribution in [0.3, 0.4) is 0 Å². The number of imidazole rings is 1. The van der Waals surface area contributed by atoms with Gasteiger partial charge in [-0.05, 0) is 36.8 Å². The third-order valence-electron chi connectivity index (χ3n) is 3.21. The summed E-state index contributed by atoms with van der Waals surface area (Å²) < 4.78 is 1.92. The van der Waals surface area contributed by atoms with Crippen molar-refractivity contribution in [3.05, 3.63) is 47.7 Å². The van der Waals surface area contributed by atoms with E-state index in [-0.39, 0.29) is 44.3 Å². The molecule has 3 rings (SSSR count). The number of carbonyl (C=O) groups is 1. The van der Waals surface area contributed by atoms with Crippen LogP contribution in [0, 0.1) is 45.5 Å². The number of aryl methyl sites for hydroxylation is 2.